The molecule has 5 amide bonds. The predicted octanol–water partition coefficient (Wildman–Crippen LogP) is 10.2. The fourth-order valence-electron chi connectivity index (χ4n) is 9.79. The van der Waals surface area contributed by atoms with Crippen LogP contribution in [0.15, 0.2) is 36.4 Å². The van der Waals surface area contributed by atoms with Gasteiger partial charge in [-0.2, -0.15) is 0 Å². The van der Waals surface area contributed by atoms with E-state index >= 15 is 0 Å². The Morgan fingerprint density at radius 1 is 0.553 bits per heavy atom. The van der Waals surface area contributed by atoms with E-state index < -0.39 is 27.8 Å². The molecule has 0 atom stereocenters. The molecule has 20 heteroatoms. The summed E-state index contributed by atoms with van der Waals surface area (Å²) in [5, 5.41) is 26.7. The Labute approximate surface area is 451 Å². The molecule has 5 aliphatic carbocycles. The Morgan fingerprint density at radius 2 is 0.895 bits per heavy atom. The van der Waals surface area contributed by atoms with Crippen LogP contribution >= 0.6 is 0 Å². The number of nitrogens with zero attached hydrogens (tertiary/aromatic N) is 3. The van der Waals surface area contributed by atoms with Crippen LogP contribution in [0.4, 0.5) is 37.1 Å². The molecule has 5 fully saturated rings. The molecular formula is C56H92N10O10. The van der Waals surface area contributed by atoms with Gasteiger partial charge in [-0.1, -0.05) is 46.0 Å². The smallest absolute Gasteiger partial charge is 0.407 e. The minimum absolute atomic E-state index is 0. The maximum atomic E-state index is 12.9. The van der Waals surface area contributed by atoms with E-state index in [1.165, 1.54) is 31.7 Å². The van der Waals surface area contributed by atoms with E-state index in [9.17, 15) is 34.1 Å². The Kier molecular flexibility index (Phi) is 22.5. The number of rotatable bonds is 12. The average molecular weight is 1070 g/mol. The number of hydrogen-bond donors (Lipinski definition) is 7. The maximum Gasteiger partial charge on any atom is 0.407 e. The van der Waals surface area contributed by atoms with Crippen LogP contribution in [0.5, 0.6) is 0 Å². The lowest BCUT2D eigenvalue weighted by Gasteiger charge is -2.37. The van der Waals surface area contributed by atoms with Gasteiger partial charge in [0, 0.05) is 79.6 Å². The van der Waals surface area contributed by atoms with Gasteiger partial charge in [0.2, 0.25) is 0 Å². The monoisotopic (exact) mass is 1060 g/mol. The fourth-order valence-corrected chi connectivity index (χ4v) is 9.79. The van der Waals surface area contributed by atoms with Gasteiger partial charge in [-0.25, -0.2) is 14.4 Å². The Balaban J connectivity index is 0.000000265. The first-order valence-electron chi connectivity index (χ1n) is 27.0. The second kappa shape index (κ2) is 27.3. The average Bonchev–Trinajstić information content (AvgIpc) is 3.28. The highest BCUT2D eigenvalue weighted by atomic mass is 16.6. The lowest BCUT2D eigenvalue weighted by atomic mass is 9.86. The molecule has 0 aliphatic heterocycles. The molecule has 0 spiro atoms. The first-order valence-corrected chi connectivity index (χ1v) is 27.0. The van der Waals surface area contributed by atoms with Crippen molar-refractivity contribution >= 4 is 52.8 Å². The summed E-state index contributed by atoms with van der Waals surface area (Å²) in [6, 6.07) is 11.4. The summed E-state index contributed by atoms with van der Waals surface area (Å²) in [6.45, 7) is 16.5. The van der Waals surface area contributed by atoms with Gasteiger partial charge in [0.15, 0.2) is 0 Å². The van der Waals surface area contributed by atoms with Crippen LogP contribution in [0.3, 0.4) is 0 Å². The van der Waals surface area contributed by atoms with Gasteiger partial charge in [0.25, 0.3) is 17.5 Å². The number of nitro groups is 1. The van der Waals surface area contributed by atoms with Crippen LogP contribution in [-0.2, 0) is 14.2 Å². The number of ether oxygens (including phenoxy) is 3. The number of nitrogens with one attached hydrogen (secondary N) is 5. The molecule has 0 bridgehead atoms. The zero-order chi connectivity index (χ0) is 55.4. The summed E-state index contributed by atoms with van der Waals surface area (Å²) in [6.07, 6.45) is 14.6. The number of hydrogen-bond acceptors (Lipinski definition) is 14. The molecule has 0 heterocycles. The minimum atomic E-state index is -0.559. The summed E-state index contributed by atoms with van der Waals surface area (Å²) < 4.78 is 15.6. The molecule has 5 saturated carbocycles. The van der Waals surface area contributed by atoms with Crippen molar-refractivity contribution in [1.82, 2.24) is 25.8 Å². The molecule has 0 unspecified atom stereocenters. The number of nitrogens with two attached hydrogens (primary N) is 2. The van der Waals surface area contributed by atoms with E-state index in [-0.39, 0.29) is 79.4 Å². The van der Waals surface area contributed by atoms with E-state index in [0.717, 1.165) is 69.9 Å². The van der Waals surface area contributed by atoms with Gasteiger partial charge >= 0.3 is 18.3 Å². The number of alkyl carbamates (subject to hydrolysis) is 3. The number of nitrogen functional groups attached to an aromatic ring is 1. The maximum absolute atomic E-state index is 12.9. The van der Waals surface area contributed by atoms with Gasteiger partial charge in [-0.05, 0) is 157 Å². The quantitative estimate of drug-likeness (QED) is 0.0451. The number of carbonyl (C=O) groups is 5. The molecule has 0 aromatic heterocycles. The van der Waals surface area contributed by atoms with Gasteiger partial charge < -0.3 is 62.1 Å². The molecule has 0 radical (unpaired) electrons. The third kappa shape index (κ3) is 20.1. The van der Waals surface area contributed by atoms with Crippen molar-refractivity contribution < 1.29 is 43.1 Å². The number of nitro benzene ring substituents is 1. The predicted molar refractivity (Wildman–Crippen MR) is 299 cm³/mol. The highest BCUT2D eigenvalue weighted by molar-refractivity contribution is 5.97. The summed E-state index contributed by atoms with van der Waals surface area (Å²) >= 11 is 0. The minimum Gasteiger partial charge on any atom is -0.444 e. The van der Waals surface area contributed by atoms with E-state index in [0.29, 0.717) is 41.4 Å². The first-order chi connectivity index (χ1) is 35.0. The second-order valence-electron chi connectivity index (χ2n) is 24.1. The lowest BCUT2D eigenvalue weighted by Crippen LogP contribution is -2.51. The Hall–Kier alpha value is -6.05. The van der Waals surface area contributed by atoms with Gasteiger partial charge in [-0.15, -0.1) is 0 Å². The van der Waals surface area contributed by atoms with Gasteiger partial charge in [0.05, 0.1) is 16.3 Å². The van der Waals surface area contributed by atoms with Crippen molar-refractivity contribution in [1.29, 1.82) is 0 Å². The standard InChI is InChI=1S/C23H34N4O5.C23H36N4O3.C9H18N2O2.CH4/c1-23(2,3)32-22(29)25-17-13-16(14-17)24-19-11-10-15(12-20(19)27(30)31)21(28)26(4)18-8-6-5-7-9-18;1-23(2,3)30-22(29)26-17-13-16(14-17)25-20-11-10-15(12-19(20)24)21(28)27(4)18-8-6-5-7-9-18;1-9(2,3)13-8(12)11-7-4-6(10)5-7;/h10-12,16-18,24H,5-9,13-14H2,1-4H3,(H,25,29);10-12,16-18,25H,5-9,13-14,24H2,1-4H3,(H,26,29);6-7H,4-5,10H2,1-3H3,(H,11,12);1H4. The van der Waals surface area contributed by atoms with Crippen LogP contribution in [0.2, 0.25) is 0 Å². The van der Waals surface area contributed by atoms with E-state index in [1.54, 1.807) is 50.9 Å². The molecule has 7 rings (SSSR count). The van der Waals surface area contributed by atoms with Crippen molar-refractivity contribution in [2.75, 3.05) is 30.5 Å². The van der Waals surface area contributed by atoms with Crippen molar-refractivity contribution in [2.24, 2.45) is 5.73 Å². The molecule has 5 aliphatic rings. The lowest BCUT2D eigenvalue weighted by molar-refractivity contribution is -0.384. The first kappa shape index (κ1) is 62.5. The van der Waals surface area contributed by atoms with Crippen LogP contribution in [0.1, 0.15) is 193 Å². The topological polar surface area (TPSA) is 275 Å². The molecular weight excluding hydrogens is 973 g/mol. The van der Waals surface area contributed by atoms with Gasteiger partial charge in [0.1, 0.15) is 22.5 Å². The molecule has 0 saturated heterocycles. The molecule has 426 valence electrons. The van der Waals surface area contributed by atoms with Crippen molar-refractivity contribution in [2.45, 2.75) is 238 Å². The number of carbonyl (C=O) groups excluding carboxylic acids is 5. The van der Waals surface area contributed by atoms with Crippen LogP contribution in [-0.4, -0.2) is 124 Å². The Bertz CT molecular complexity index is 2260. The summed E-state index contributed by atoms with van der Waals surface area (Å²) in [4.78, 5) is 75.4. The zero-order valence-electron chi connectivity index (χ0n) is 46.5. The third-order valence-corrected chi connectivity index (χ3v) is 14.0. The summed E-state index contributed by atoms with van der Waals surface area (Å²) in [5.74, 6) is -0.151. The van der Waals surface area contributed by atoms with E-state index in [4.69, 9.17) is 25.7 Å². The molecule has 9 N–H and O–H groups in total. The highest BCUT2D eigenvalue weighted by Crippen LogP contribution is 2.33. The van der Waals surface area contributed by atoms with Crippen molar-refractivity contribution in [3.05, 3.63) is 57.6 Å². The molecule has 76 heavy (non-hydrogen) atoms. The number of anilines is 3. The van der Waals surface area contributed by atoms with E-state index in [1.807, 2.05) is 65.6 Å². The van der Waals surface area contributed by atoms with Crippen molar-refractivity contribution in [3.63, 3.8) is 0 Å². The van der Waals surface area contributed by atoms with E-state index in [2.05, 4.69) is 26.6 Å². The molecule has 2 aromatic rings. The normalized spacial score (nSPS) is 22.4. The third-order valence-electron chi connectivity index (χ3n) is 14.0. The molecule has 2 aromatic carbocycles. The number of benzene rings is 2. The fraction of sp³-hybridized carbons (Fsp3) is 0.696. The summed E-state index contributed by atoms with van der Waals surface area (Å²) in [7, 11) is 3.68. The SMILES string of the molecule is C.CC(C)(C)OC(=O)NC1CC(N)C1.CN(C(=O)c1ccc(NC2CC(NC(=O)OC(C)(C)C)C2)c(N)c1)C1CCCCC1.CN(C(=O)c1ccc(NC2CC(NC(=O)OC(C)(C)C)C2)c([N+](=O)[O-])c1)C1CCCCC1. The summed E-state index contributed by atoms with van der Waals surface area (Å²) in [5.41, 5.74) is 13.0. The Morgan fingerprint density at radius 3 is 1.24 bits per heavy atom. The number of amides is 5. The highest BCUT2D eigenvalue weighted by Gasteiger charge is 2.35. The largest absolute Gasteiger partial charge is 0.444 e. The van der Waals surface area contributed by atoms with Crippen molar-refractivity contribution in [3.8, 4) is 0 Å². The van der Waals surface area contributed by atoms with Crippen LogP contribution < -0.4 is 38.1 Å². The zero-order valence-corrected chi connectivity index (χ0v) is 46.5. The molecule has 20 nitrogen and oxygen atoms in total. The van der Waals surface area contributed by atoms with Gasteiger partial charge in [-0.3, -0.25) is 19.7 Å². The van der Waals surface area contributed by atoms with Crippen LogP contribution in [0, 0.1) is 10.1 Å². The van der Waals surface area contributed by atoms with Crippen LogP contribution in [0.25, 0.3) is 0 Å². The second-order valence-corrected chi connectivity index (χ2v) is 24.1.